The van der Waals surface area contributed by atoms with Crippen molar-refractivity contribution in [1.29, 1.82) is 0 Å². The maximum Gasteiger partial charge on any atom is 0.407 e. The number of anilines is 2. The van der Waals surface area contributed by atoms with Crippen LogP contribution in [0.3, 0.4) is 0 Å². The zero-order valence-corrected chi connectivity index (χ0v) is 17.4. The van der Waals surface area contributed by atoms with Gasteiger partial charge in [-0.2, -0.15) is 4.31 Å². The van der Waals surface area contributed by atoms with Crippen LogP contribution in [-0.4, -0.2) is 62.9 Å². The van der Waals surface area contributed by atoms with Gasteiger partial charge in [0.1, 0.15) is 5.60 Å². The van der Waals surface area contributed by atoms with Crippen LogP contribution in [0.15, 0.2) is 18.2 Å². The Morgan fingerprint density at radius 3 is 2.44 bits per heavy atom. The standard InChI is InChI=1S/C17H27ClN4O4S/c1-17(2,3)26-16(23)20-6-11-27(24,25)22-9-7-21(8-10-22)13-4-5-14(18)15(19)12-13/h4-5,12H,6-11,19H2,1-3H3,(H,20,23). The van der Waals surface area contributed by atoms with Crippen LogP contribution in [0.1, 0.15) is 20.8 Å². The smallest absolute Gasteiger partial charge is 0.407 e. The number of hydrogen-bond acceptors (Lipinski definition) is 6. The summed E-state index contributed by atoms with van der Waals surface area (Å²) in [5, 5.41) is 2.97. The van der Waals surface area contributed by atoms with Gasteiger partial charge in [0, 0.05) is 38.4 Å². The van der Waals surface area contributed by atoms with Crippen molar-refractivity contribution >= 4 is 39.1 Å². The maximum absolute atomic E-state index is 12.5. The summed E-state index contributed by atoms with van der Waals surface area (Å²) in [5.74, 6) is -0.167. The van der Waals surface area contributed by atoms with Gasteiger partial charge in [-0.25, -0.2) is 13.2 Å². The molecule has 0 radical (unpaired) electrons. The number of amides is 1. The number of nitrogen functional groups attached to an aromatic ring is 1. The van der Waals surface area contributed by atoms with Crippen LogP contribution in [0, 0.1) is 0 Å². The molecule has 1 aliphatic rings. The Labute approximate surface area is 165 Å². The number of carbonyl (C=O) groups excluding carboxylic acids is 1. The summed E-state index contributed by atoms with van der Waals surface area (Å²) < 4.78 is 31.5. The first-order chi connectivity index (χ1) is 12.5. The van der Waals surface area contributed by atoms with Crippen LogP contribution in [0.25, 0.3) is 0 Å². The second-order valence-electron chi connectivity index (χ2n) is 7.34. The highest BCUT2D eigenvalue weighted by Gasteiger charge is 2.27. The van der Waals surface area contributed by atoms with Gasteiger partial charge in [-0.05, 0) is 39.0 Å². The number of rotatable bonds is 5. The van der Waals surface area contributed by atoms with Crippen molar-refractivity contribution in [3.8, 4) is 0 Å². The molecule has 0 aromatic heterocycles. The molecule has 0 aliphatic carbocycles. The molecule has 8 nitrogen and oxygen atoms in total. The molecule has 0 bridgehead atoms. The van der Waals surface area contributed by atoms with Crippen LogP contribution in [-0.2, 0) is 14.8 Å². The third-order valence-corrected chi connectivity index (χ3v) is 6.22. The number of nitrogens with two attached hydrogens (primary N) is 1. The van der Waals surface area contributed by atoms with E-state index in [9.17, 15) is 13.2 Å². The molecule has 3 N–H and O–H groups in total. The predicted molar refractivity (Wildman–Crippen MR) is 108 cm³/mol. The molecule has 0 atom stereocenters. The number of hydrogen-bond donors (Lipinski definition) is 2. The van der Waals surface area contributed by atoms with E-state index in [4.69, 9.17) is 22.1 Å². The van der Waals surface area contributed by atoms with Crippen molar-refractivity contribution in [2.45, 2.75) is 26.4 Å². The number of halogens is 1. The molecule has 27 heavy (non-hydrogen) atoms. The van der Waals surface area contributed by atoms with Crippen molar-refractivity contribution in [3.63, 3.8) is 0 Å². The van der Waals surface area contributed by atoms with Gasteiger partial charge >= 0.3 is 6.09 Å². The summed E-state index contributed by atoms with van der Waals surface area (Å²) in [4.78, 5) is 13.7. The first-order valence-electron chi connectivity index (χ1n) is 8.72. The summed E-state index contributed by atoms with van der Waals surface area (Å²) in [7, 11) is -3.45. The fourth-order valence-electron chi connectivity index (χ4n) is 2.68. The summed E-state index contributed by atoms with van der Waals surface area (Å²) in [6.45, 7) is 7.10. The Balaban J connectivity index is 1.83. The minimum atomic E-state index is -3.45. The Morgan fingerprint density at radius 1 is 1.26 bits per heavy atom. The highest BCUT2D eigenvalue weighted by atomic mass is 35.5. The van der Waals surface area contributed by atoms with Gasteiger partial charge in [0.25, 0.3) is 0 Å². The number of sulfonamides is 1. The van der Waals surface area contributed by atoms with Crippen molar-refractivity contribution < 1.29 is 17.9 Å². The van der Waals surface area contributed by atoms with E-state index in [2.05, 4.69) is 10.2 Å². The Kier molecular flexibility index (Phi) is 6.82. The number of ether oxygens (including phenoxy) is 1. The van der Waals surface area contributed by atoms with Gasteiger partial charge in [-0.3, -0.25) is 0 Å². The molecule has 2 rings (SSSR count). The average molecular weight is 419 g/mol. The molecule has 1 aliphatic heterocycles. The lowest BCUT2D eigenvalue weighted by Crippen LogP contribution is -2.50. The van der Waals surface area contributed by atoms with Crippen molar-refractivity contribution in [2.75, 3.05) is 49.1 Å². The third-order valence-electron chi connectivity index (χ3n) is 4.00. The molecular weight excluding hydrogens is 392 g/mol. The first-order valence-corrected chi connectivity index (χ1v) is 10.7. The molecule has 152 valence electrons. The molecule has 1 aromatic rings. The molecule has 1 fully saturated rings. The Hall–Kier alpha value is -1.71. The second kappa shape index (κ2) is 8.53. The number of nitrogens with zero attached hydrogens (tertiary/aromatic N) is 2. The average Bonchev–Trinajstić information content (AvgIpc) is 2.55. The van der Waals surface area contributed by atoms with Gasteiger partial charge < -0.3 is 20.7 Å². The van der Waals surface area contributed by atoms with Gasteiger partial charge in [0.15, 0.2) is 0 Å². The van der Waals surface area contributed by atoms with E-state index in [-0.39, 0.29) is 12.3 Å². The molecular formula is C17H27ClN4O4S. The number of alkyl carbamates (subject to hydrolysis) is 1. The largest absolute Gasteiger partial charge is 0.444 e. The van der Waals surface area contributed by atoms with Gasteiger partial charge in [-0.1, -0.05) is 11.6 Å². The molecule has 1 amide bonds. The lowest BCUT2D eigenvalue weighted by molar-refractivity contribution is 0.0531. The monoisotopic (exact) mass is 418 g/mol. The SMILES string of the molecule is CC(C)(C)OC(=O)NCCS(=O)(=O)N1CCN(c2ccc(Cl)c(N)c2)CC1. The van der Waals surface area contributed by atoms with E-state index < -0.39 is 21.7 Å². The molecule has 1 saturated heterocycles. The van der Waals surface area contributed by atoms with E-state index in [1.54, 1.807) is 32.9 Å². The summed E-state index contributed by atoms with van der Waals surface area (Å²) in [6.07, 6.45) is -0.622. The van der Waals surface area contributed by atoms with E-state index in [1.807, 2.05) is 6.07 Å². The summed E-state index contributed by atoms with van der Waals surface area (Å²) >= 11 is 5.94. The molecule has 0 unspecified atom stereocenters. The topological polar surface area (TPSA) is 105 Å². The van der Waals surface area contributed by atoms with E-state index in [0.717, 1.165) is 5.69 Å². The Bertz CT molecular complexity index is 772. The highest BCUT2D eigenvalue weighted by molar-refractivity contribution is 7.89. The van der Waals surface area contributed by atoms with Crippen molar-refractivity contribution in [1.82, 2.24) is 9.62 Å². The highest BCUT2D eigenvalue weighted by Crippen LogP contribution is 2.26. The minimum Gasteiger partial charge on any atom is -0.444 e. The molecule has 0 saturated carbocycles. The van der Waals surface area contributed by atoms with Crippen molar-refractivity contribution in [3.05, 3.63) is 23.2 Å². The van der Waals surface area contributed by atoms with Gasteiger partial charge in [0.05, 0.1) is 16.5 Å². The number of piperazine rings is 1. The lowest BCUT2D eigenvalue weighted by atomic mass is 10.2. The van der Waals surface area contributed by atoms with Crippen LogP contribution in [0.2, 0.25) is 5.02 Å². The normalized spacial score (nSPS) is 16.2. The molecule has 0 spiro atoms. The summed E-state index contributed by atoms with van der Waals surface area (Å²) in [5.41, 5.74) is 6.63. The van der Waals surface area contributed by atoms with Gasteiger partial charge in [-0.15, -0.1) is 0 Å². The number of carbonyl (C=O) groups is 1. The first kappa shape index (κ1) is 21.6. The molecule has 1 aromatic carbocycles. The molecule has 10 heteroatoms. The van der Waals surface area contributed by atoms with Gasteiger partial charge in [0.2, 0.25) is 10.0 Å². The zero-order chi connectivity index (χ0) is 20.2. The maximum atomic E-state index is 12.5. The third kappa shape index (κ3) is 6.44. The number of nitrogens with one attached hydrogen (secondary N) is 1. The predicted octanol–water partition coefficient (Wildman–Crippen LogP) is 1.90. The second-order valence-corrected chi connectivity index (χ2v) is 9.83. The summed E-state index contributed by atoms with van der Waals surface area (Å²) in [6, 6.07) is 5.39. The van der Waals surface area contributed by atoms with Crippen LogP contribution < -0.4 is 16.0 Å². The lowest BCUT2D eigenvalue weighted by Gasteiger charge is -2.35. The van der Waals surface area contributed by atoms with Crippen molar-refractivity contribution in [2.24, 2.45) is 0 Å². The zero-order valence-electron chi connectivity index (χ0n) is 15.9. The van der Waals surface area contributed by atoms with Crippen LogP contribution >= 0.6 is 11.6 Å². The van der Waals surface area contributed by atoms with Crippen LogP contribution in [0.5, 0.6) is 0 Å². The van der Waals surface area contributed by atoms with E-state index in [0.29, 0.717) is 36.9 Å². The fraction of sp³-hybridized carbons (Fsp3) is 0.588. The van der Waals surface area contributed by atoms with E-state index >= 15 is 0 Å². The quantitative estimate of drug-likeness (QED) is 0.707. The minimum absolute atomic E-state index is 0.00514. The van der Waals surface area contributed by atoms with Crippen LogP contribution in [0.4, 0.5) is 16.2 Å². The number of benzene rings is 1. The Morgan fingerprint density at radius 2 is 1.89 bits per heavy atom. The van der Waals surface area contributed by atoms with E-state index in [1.165, 1.54) is 4.31 Å². The molecule has 1 heterocycles. The fourth-order valence-corrected chi connectivity index (χ4v) is 4.13.